The molecule has 1 aliphatic rings. The van der Waals surface area contributed by atoms with Crippen LogP contribution in [0.1, 0.15) is 5.56 Å². The first kappa shape index (κ1) is 23.8. The topological polar surface area (TPSA) is 73.2 Å². The SMILES string of the molecule is N#CC(C(=O)Nc1ccc(Cl)cc1)=C1SC(Cc2ccc(F)cc2)C(=O)N1c1ccc(Cl)cc1. The van der Waals surface area contributed by atoms with Crippen molar-refractivity contribution in [3.63, 3.8) is 0 Å². The molecule has 1 fully saturated rings. The molecule has 9 heteroatoms. The lowest BCUT2D eigenvalue weighted by Crippen LogP contribution is -2.30. The fourth-order valence-electron chi connectivity index (χ4n) is 3.37. The van der Waals surface area contributed by atoms with Crippen molar-refractivity contribution < 1.29 is 14.0 Å². The van der Waals surface area contributed by atoms with Gasteiger partial charge >= 0.3 is 0 Å². The molecule has 0 bridgehead atoms. The van der Waals surface area contributed by atoms with Crippen molar-refractivity contribution in [3.8, 4) is 6.07 Å². The van der Waals surface area contributed by atoms with Gasteiger partial charge in [0, 0.05) is 21.4 Å². The minimum absolute atomic E-state index is 0.204. The molecule has 34 heavy (non-hydrogen) atoms. The Morgan fingerprint density at radius 3 is 2.18 bits per heavy atom. The first-order chi connectivity index (χ1) is 16.4. The Bertz CT molecular complexity index is 1300. The van der Waals surface area contributed by atoms with E-state index in [0.717, 1.165) is 17.3 Å². The molecule has 1 saturated heterocycles. The predicted molar refractivity (Wildman–Crippen MR) is 133 cm³/mol. The average Bonchev–Trinajstić information content (AvgIpc) is 3.13. The maximum Gasteiger partial charge on any atom is 0.269 e. The standard InChI is InChI=1S/C25H16Cl2FN3O2S/c26-16-3-9-19(10-4-16)30-23(32)21(14-29)25-31(20-11-5-17(27)6-12-20)24(33)22(34-25)13-15-1-7-18(28)8-2-15/h1-12,22H,13H2,(H,30,32). The Morgan fingerprint density at radius 1 is 1.00 bits per heavy atom. The van der Waals surface area contributed by atoms with E-state index in [2.05, 4.69) is 5.32 Å². The monoisotopic (exact) mass is 511 g/mol. The van der Waals surface area contributed by atoms with E-state index in [4.69, 9.17) is 23.2 Å². The number of amides is 2. The van der Waals surface area contributed by atoms with Crippen molar-refractivity contribution >= 4 is 58.2 Å². The highest BCUT2D eigenvalue weighted by atomic mass is 35.5. The molecule has 1 N–H and O–H groups in total. The number of anilines is 2. The zero-order valence-electron chi connectivity index (χ0n) is 17.5. The van der Waals surface area contributed by atoms with Gasteiger partial charge in [-0.2, -0.15) is 5.26 Å². The van der Waals surface area contributed by atoms with E-state index in [1.807, 2.05) is 6.07 Å². The molecule has 1 unspecified atom stereocenters. The summed E-state index contributed by atoms with van der Waals surface area (Å²) in [5, 5.41) is 13.1. The molecule has 0 spiro atoms. The smallest absolute Gasteiger partial charge is 0.269 e. The molecule has 4 rings (SSSR count). The summed E-state index contributed by atoms with van der Waals surface area (Å²) in [7, 11) is 0. The lowest BCUT2D eigenvalue weighted by molar-refractivity contribution is -0.117. The average molecular weight is 512 g/mol. The number of carbonyl (C=O) groups is 2. The third-order valence-electron chi connectivity index (χ3n) is 5.03. The molecule has 5 nitrogen and oxygen atoms in total. The fourth-order valence-corrected chi connectivity index (χ4v) is 4.93. The van der Waals surface area contributed by atoms with Gasteiger partial charge < -0.3 is 5.32 Å². The van der Waals surface area contributed by atoms with E-state index in [1.165, 1.54) is 17.0 Å². The van der Waals surface area contributed by atoms with Crippen LogP contribution in [-0.2, 0) is 16.0 Å². The second kappa shape index (κ2) is 10.3. The fraction of sp³-hybridized carbons (Fsp3) is 0.0800. The Hall–Kier alpha value is -3.31. The van der Waals surface area contributed by atoms with Gasteiger partial charge in [0.25, 0.3) is 5.91 Å². The molecular formula is C25H16Cl2FN3O2S. The largest absolute Gasteiger partial charge is 0.321 e. The van der Waals surface area contributed by atoms with Crippen molar-refractivity contribution in [2.24, 2.45) is 0 Å². The van der Waals surface area contributed by atoms with Crippen LogP contribution in [0.5, 0.6) is 0 Å². The summed E-state index contributed by atoms with van der Waals surface area (Å²) in [4.78, 5) is 27.8. The summed E-state index contributed by atoms with van der Waals surface area (Å²) < 4.78 is 13.3. The number of nitrogens with zero attached hydrogens (tertiary/aromatic N) is 2. The summed E-state index contributed by atoms with van der Waals surface area (Å²) >= 11 is 13.0. The number of hydrogen-bond acceptors (Lipinski definition) is 4. The summed E-state index contributed by atoms with van der Waals surface area (Å²) in [6.07, 6.45) is 0.300. The number of benzene rings is 3. The van der Waals surface area contributed by atoms with Gasteiger partial charge in [-0.05, 0) is 72.6 Å². The molecule has 1 aliphatic heterocycles. The van der Waals surface area contributed by atoms with E-state index in [0.29, 0.717) is 27.8 Å². The maximum absolute atomic E-state index is 13.4. The Labute approximate surface area is 209 Å². The number of rotatable bonds is 5. The molecule has 3 aromatic rings. The zero-order chi connectivity index (χ0) is 24.2. The van der Waals surface area contributed by atoms with Gasteiger partial charge in [0.15, 0.2) is 0 Å². The lowest BCUT2D eigenvalue weighted by atomic mass is 10.1. The van der Waals surface area contributed by atoms with Crippen LogP contribution in [0, 0.1) is 17.1 Å². The minimum atomic E-state index is -0.651. The Balaban J connectivity index is 1.71. The van der Waals surface area contributed by atoms with Crippen molar-refractivity contribution in [2.45, 2.75) is 11.7 Å². The Kier molecular flexibility index (Phi) is 7.23. The number of hydrogen-bond donors (Lipinski definition) is 1. The summed E-state index contributed by atoms with van der Waals surface area (Å²) in [6, 6.07) is 20.8. The van der Waals surface area contributed by atoms with Gasteiger partial charge in [0.05, 0.1) is 5.25 Å². The van der Waals surface area contributed by atoms with Crippen molar-refractivity contribution in [2.75, 3.05) is 10.2 Å². The molecule has 1 heterocycles. The highest BCUT2D eigenvalue weighted by Gasteiger charge is 2.40. The van der Waals surface area contributed by atoms with Crippen LogP contribution in [0.2, 0.25) is 10.0 Å². The van der Waals surface area contributed by atoms with Crippen molar-refractivity contribution in [1.82, 2.24) is 0 Å². The number of halogens is 3. The predicted octanol–water partition coefficient (Wildman–Crippen LogP) is 6.20. The first-order valence-electron chi connectivity index (χ1n) is 10.1. The first-order valence-corrected chi connectivity index (χ1v) is 11.7. The quantitative estimate of drug-likeness (QED) is 0.327. The Morgan fingerprint density at radius 2 is 1.59 bits per heavy atom. The third-order valence-corrected chi connectivity index (χ3v) is 6.79. The van der Waals surface area contributed by atoms with Crippen molar-refractivity contribution in [3.05, 3.63) is 105 Å². The molecule has 0 aromatic heterocycles. The highest BCUT2D eigenvalue weighted by molar-refractivity contribution is 8.05. The van der Waals surface area contributed by atoms with Gasteiger partial charge in [-0.3, -0.25) is 14.5 Å². The van der Waals surface area contributed by atoms with Crippen molar-refractivity contribution in [1.29, 1.82) is 5.26 Å². The third kappa shape index (κ3) is 5.26. The molecule has 0 aliphatic carbocycles. The summed E-state index contributed by atoms with van der Waals surface area (Å²) in [5.74, 6) is -1.32. The number of thioether (sulfide) groups is 1. The minimum Gasteiger partial charge on any atom is -0.321 e. The number of carbonyl (C=O) groups excluding carboxylic acids is 2. The van der Waals surface area contributed by atoms with E-state index in [9.17, 15) is 19.2 Å². The zero-order valence-corrected chi connectivity index (χ0v) is 19.8. The molecule has 170 valence electrons. The van der Waals surface area contributed by atoms with E-state index in [1.54, 1.807) is 60.7 Å². The van der Waals surface area contributed by atoms with Crippen LogP contribution in [-0.4, -0.2) is 17.1 Å². The summed E-state index contributed by atoms with van der Waals surface area (Å²) in [5.41, 5.74) is 1.49. The number of nitrogens with one attached hydrogen (secondary N) is 1. The van der Waals surface area contributed by atoms with Crippen LogP contribution < -0.4 is 10.2 Å². The molecular weight excluding hydrogens is 496 g/mol. The highest BCUT2D eigenvalue weighted by Crippen LogP contribution is 2.42. The van der Waals surface area contributed by atoms with Gasteiger partial charge in [-0.25, -0.2) is 4.39 Å². The second-order valence-electron chi connectivity index (χ2n) is 7.34. The van der Waals surface area contributed by atoms with Crippen LogP contribution in [0.25, 0.3) is 0 Å². The van der Waals surface area contributed by atoms with Gasteiger partial charge in [0.2, 0.25) is 5.91 Å². The van der Waals surface area contributed by atoms with Gasteiger partial charge in [-0.1, -0.05) is 47.1 Å². The van der Waals surface area contributed by atoms with E-state index in [-0.39, 0.29) is 22.3 Å². The number of nitriles is 1. The normalized spacial score (nSPS) is 16.8. The van der Waals surface area contributed by atoms with Crippen LogP contribution in [0.3, 0.4) is 0 Å². The molecule has 0 saturated carbocycles. The van der Waals surface area contributed by atoms with Gasteiger partial charge in [-0.15, -0.1) is 0 Å². The lowest BCUT2D eigenvalue weighted by Gasteiger charge is -2.19. The molecule has 2 amide bonds. The van der Waals surface area contributed by atoms with Crippen LogP contribution in [0.4, 0.5) is 15.8 Å². The van der Waals surface area contributed by atoms with Gasteiger partial charge in [0.1, 0.15) is 22.5 Å². The molecule has 0 radical (unpaired) electrons. The van der Waals surface area contributed by atoms with Crippen LogP contribution in [0.15, 0.2) is 83.4 Å². The molecule has 1 atom stereocenters. The summed E-state index contributed by atoms with van der Waals surface area (Å²) in [6.45, 7) is 0. The van der Waals surface area contributed by atoms with Crippen LogP contribution >= 0.6 is 35.0 Å². The second-order valence-corrected chi connectivity index (χ2v) is 9.40. The maximum atomic E-state index is 13.4. The molecule has 3 aromatic carbocycles. The van der Waals surface area contributed by atoms with E-state index >= 15 is 0 Å². The van der Waals surface area contributed by atoms with E-state index < -0.39 is 11.2 Å².